The van der Waals surface area contributed by atoms with Crippen molar-refractivity contribution in [2.24, 2.45) is 4.99 Å². The molecule has 3 aliphatic heterocycles. The van der Waals surface area contributed by atoms with Gasteiger partial charge in [0.2, 0.25) is 0 Å². The first-order chi connectivity index (χ1) is 12.6. The van der Waals surface area contributed by atoms with Crippen LogP contribution in [0.1, 0.15) is 24.8 Å². The molecule has 1 aromatic rings. The van der Waals surface area contributed by atoms with E-state index in [2.05, 4.69) is 10.2 Å². The van der Waals surface area contributed by atoms with E-state index in [9.17, 15) is 14.0 Å². The maximum absolute atomic E-state index is 14.2. The summed E-state index contributed by atoms with van der Waals surface area (Å²) in [4.78, 5) is 34.7. The van der Waals surface area contributed by atoms with Gasteiger partial charge in [0.05, 0.1) is 0 Å². The van der Waals surface area contributed by atoms with Crippen LogP contribution in [-0.2, 0) is 11.3 Å². The Morgan fingerprint density at radius 2 is 1.92 bits per heavy atom. The highest BCUT2D eigenvalue weighted by atomic mass is 19.1. The quantitative estimate of drug-likeness (QED) is 0.866. The van der Waals surface area contributed by atoms with Gasteiger partial charge in [-0.25, -0.2) is 14.2 Å². The van der Waals surface area contributed by atoms with E-state index in [4.69, 9.17) is 4.99 Å². The minimum absolute atomic E-state index is 0.235. The Balaban J connectivity index is 1.69. The summed E-state index contributed by atoms with van der Waals surface area (Å²) in [6, 6.07) is 5.45. The molecule has 138 valence electrons. The number of halogens is 1. The number of carbonyl (C=O) groups is 2. The number of rotatable bonds is 2. The van der Waals surface area contributed by atoms with Gasteiger partial charge in [0.1, 0.15) is 5.82 Å². The number of benzene rings is 1. The summed E-state index contributed by atoms with van der Waals surface area (Å²) in [5.74, 6) is -0.0144. The fourth-order valence-corrected chi connectivity index (χ4v) is 3.85. The first-order valence-electron chi connectivity index (χ1n) is 8.97. The largest absolute Gasteiger partial charge is 0.343 e. The fourth-order valence-electron chi connectivity index (χ4n) is 3.85. The zero-order valence-corrected chi connectivity index (χ0v) is 14.7. The van der Waals surface area contributed by atoms with Crippen LogP contribution in [0, 0.1) is 5.82 Å². The molecule has 3 aliphatic rings. The number of amides is 3. The van der Waals surface area contributed by atoms with Gasteiger partial charge in [0.25, 0.3) is 5.91 Å². The molecular formula is C18H22FN5O2. The van der Waals surface area contributed by atoms with Crippen LogP contribution >= 0.6 is 0 Å². The van der Waals surface area contributed by atoms with Crippen molar-refractivity contribution in [2.75, 3.05) is 20.1 Å². The number of guanidine groups is 1. The third-order valence-electron chi connectivity index (χ3n) is 5.28. The number of nitrogens with one attached hydrogen (secondary N) is 1. The van der Waals surface area contributed by atoms with Crippen LogP contribution in [-0.4, -0.2) is 64.9 Å². The lowest BCUT2D eigenvalue weighted by atomic mass is 10.1. The number of likely N-dealkylation sites (N-methyl/N-ethyl adjacent to an activating group) is 1. The molecule has 1 N–H and O–H groups in total. The number of hydrogen-bond donors (Lipinski definition) is 1. The Hall–Kier alpha value is -2.64. The highest BCUT2D eigenvalue weighted by Gasteiger charge is 2.49. The summed E-state index contributed by atoms with van der Waals surface area (Å²) in [5.41, 5.74) is 0.505. The minimum atomic E-state index is -0.644. The fraction of sp³-hybridized carbons (Fsp3) is 0.500. The van der Waals surface area contributed by atoms with Gasteiger partial charge in [-0.15, -0.1) is 0 Å². The van der Waals surface area contributed by atoms with Gasteiger partial charge in [-0.05, 0) is 25.3 Å². The second kappa shape index (κ2) is 6.59. The molecule has 3 amide bonds. The van der Waals surface area contributed by atoms with Crippen molar-refractivity contribution >= 4 is 17.9 Å². The van der Waals surface area contributed by atoms with E-state index in [1.54, 1.807) is 25.2 Å². The van der Waals surface area contributed by atoms with Crippen molar-refractivity contribution in [1.82, 2.24) is 20.0 Å². The predicted octanol–water partition coefficient (Wildman–Crippen LogP) is 1.36. The zero-order valence-electron chi connectivity index (χ0n) is 14.7. The number of piperidine rings is 1. The number of aliphatic imine (C=N–C) groups is 1. The molecule has 2 unspecified atom stereocenters. The van der Waals surface area contributed by atoms with Crippen LogP contribution in [0.25, 0.3) is 0 Å². The Bertz CT molecular complexity index is 762. The molecule has 3 heterocycles. The molecule has 26 heavy (non-hydrogen) atoms. The Morgan fingerprint density at radius 3 is 2.65 bits per heavy atom. The number of carbonyl (C=O) groups excluding carboxylic acids is 2. The highest BCUT2D eigenvalue weighted by Crippen LogP contribution is 2.28. The first-order valence-corrected chi connectivity index (χ1v) is 8.97. The lowest BCUT2D eigenvalue weighted by Gasteiger charge is -2.38. The number of urea groups is 1. The summed E-state index contributed by atoms with van der Waals surface area (Å²) in [6.45, 7) is 1.94. The second-order valence-corrected chi connectivity index (χ2v) is 6.96. The van der Waals surface area contributed by atoms with Crippen LogP contribution in [0.3, 0.4) is 0 Å². The monoisotopic (exact) mass is 359 g/mol. The lowest BCUT2D eigenvalue weighted by molar-refractivity contribution is -0.127. The molecule has 0 radical (unpaired) electrons. The molecule has 2 saturated heterocycles. The molecule has 4 rings (SSSR count). The van der Waals surface area contributed by atoms with Gasteiger partial charge in [0, 0.05) is 32.2 Å². The second-order valence-electron chi connectivity index (χ2n) is 6.96. The van der Waals surface area contributed by atoms with Crippen molar-refractivity contribution < 1.29 is 14.0 Å². The molecule has 0 aromatic heterocycles. The van der Waals surface area contributed by atoms with Crippen LogP contribution in [0.4, 0.5) is 9.18 Å². The standard InChI is InChI=1S/C18H22FN5O2/c1-22-15-14(16(25)21-18(22)26)24(11-12-7-3-4-8-13(12)19)17(20-15)23-9-5-2-6-10-23/h3-4,7-8,14-15H,2,5-6,9-11H2,1H3,(H,21,25,26). The van der Waals surface area contributed by atoms with Crippen molar-refractivity contribution in [3.05, 3.63) is 35.6 Å². The van der Waals surface area contributed by atoms with E-state index in [0.29, 0.717) is 11.5 Å². The van der Waals surface area contributed by atoms with Crippen LogP contribution in [0.15, 0.2) is 29.3 Å². The highest BCUT2D eigenvalue weighted by molar-refractivity contribution is 6.03. The Kier molecular flexibility index (Phi) is 4.26. The molecule has 8 heteroatoms. The van der Waals surface area contributed by atoms with Gasteiger partial charge in [0.15, 0.2) is 18.2 Å². The average molecular weight is 359 g/mol. The lowest BCUT2D eigenvalue weighted by Crippen LogP contribution is -2.64. The zero-order chi connectivity index (χ0) is 18.3. The van der Waals surface area contributed by atoms with E-state index in [1.807, 2.05) is 4.90 Å². The maximum Gasteiger partial charge on any atom is 0.325 e. The third-order valence-corrected chi connectivity index (χ3v) is 5.28. The number of imide groups is 1. The third kappa shape index (κ3) is 2.79. The van der Waals surface area contributed by atoms with E-state index in [0.717, 1.165) is 25.9 Å². The number of hydrogen-bond acceptors (Lipinski definition) is 5. The Labute approximate surface area is 151 Å². The molecule has 7 nitrogen and oxygen atoms in total. The van der Waals surface area contributed by atoms with Crippen LogP contribution < -0.4 is 5.32 Å². The first kappa shape index (κ1) is 16.8. The summed E-state index contributed by atoms with van der Waals surface area (Å²) < 4.78 is 14.2. The van der Waals surface area contributed by atoms with Crippen molar-refractivity contribution in [1.29, 1.82) is 0 Å². The normalized spacial score (nSPS) is 25.9. The predicted molar refractivity (Wildman–Crippen MR) is 93.7 cm³/mol. The smallest absolute Gasteiger partial charge is 0.325 e. The van der Waals surface area contributed by atoms with Crippen molar-refractivity contribution in [3.63, 3.8) is 0 Å². The van der Waals surface area contributed by atoms with E-state index in [-0.39, 0.29) is 18.3 Å². The molecule has 0 saturated carbocycles. The minimum Gasteiger partial charge on any atom is -0.343 e. The van der Waals surface area contributed by atoms with Gasteiger partial charge >= 0.3 is 6.03 Å². The van der Waals surface area contributed by atoms with E-state index < -0.39 is 18.2 Å². The summed E-state index contributed by atoms with van der Waals surface area (Å²) >= 11 is 0. The van der Waals surface area contributed by atoms with Crippen LogP contribution in [0.5, 0.6) is 0 Å². The number of likely N-dealkylation sites (tertiary alicyclic amines) is 1. The summed E-state index contributed by atoms with van der Waals surface area (Å²) in [5, 5.41) is 2.38. The van der Waals surface area contributed by atoms with Gasteiger partial charge in [-0.2, -0.15) is 0 Å². The molecule has 2 atom stereocenters. The number of fused-ring (bicyclic) bond motifs is 1. The maximum atomic E-state index is 14.2. The summed E-state index contributed by atoms with van der Waals surface area (Å²) in [7, 11) is 1.63. The van der Waals surface area contributed by atoms with Gasteiger partial charge in [-0.3, -0.25) is 10.1 Å². The van der Waals surface area contributed by atoms with Gasteiger partial charge < -0.3 is 14.7 Å². The molecule has 2 fully saturated rings. The average Bonchev–Trinajstić information content (AvgIpc) is 3.02. The molecular weight excluding hydrogens is 337 g/mol. The summed E-state index contributed by atoms with van der Waals surface area (Å²) in [6.07, 6.45) is 2.70. The number of nitrogens with zero attached hydrogens (tertiary/aromatic N) is 4. The Morgan fingerprint density at radius 1 is 1.19 bits per heavy atom. The molecule has 1 aromatic carbocycles. The molecule has 0 aliphatic carbocycles. The van der Waals surface area contributed by atoms with Crippen LogP contribution in [0.2, 0.25) is 0 Å². The van der Waals surface area contributed by atoms with Gasteiger partial charge in [-0.1, -0.05) is 18.2 Å². The molecule has 0 bridgehead atoms. The SMILES string of the molecule is CN1C(=O)NC(=O)C2C1N=C(N1CCCCC1)N2Cc1ccccc1F. The topological polar surface area (TPSA) is 68.2 Å². The van der Waals surface area contributed by atoms with Crippen molar-refractivity contribution in [2.45, 2.75) is 38.0 Å². The molecule has 0 spiro atoms. The van der Waals surface area contributed by atoms with Crippen molar-refractivity contribution in [3.8, 4) is 0 Å². The van der Waals surface area contributed by atoms with E-state index in [1.165, 1.54) is 17.4 Å². The van der Waals surface area contributed by atoms with E-state index >= 15 is 0 Å².